The van der Waals surface area contributed by atoms with Crippen LogP contribution in [0.3, 0.4) is 0 Å². The van der Waals surface area contributed by atoms with E-state index in [4.69, 9.17) is 20.8 Å². The molecule has 0 aliphatic carbocycles. The Labute approximate surface area is 191 Å². The maximum Gasteiger partial charge on any atom is 0.291 e. The fraction of sp³-hybridized carbons (Fsp3) is 0.0909. The largest absolute Gasteiger partial charge is 0.486 e. The Hall–Kier alpha value is -2.78. The van der Waals surface area contributed by atoms with E-state index >= 15 is 0 Å². The summed E-state index contributed by atoms with van der Waals surface area (Å²) >= 11 is 8.42. The molecule has 6 nitrogen and oxygen atoms in total. The van der Waals surface area contributed by atoms with Gasteiger partial charge >= 0.3 is 0 Å². The molecule has 4 rings (SSSR count). The Bertz CT molecular complexity index is 1150. The average molecular weight is 534 g/mol. The quantitative estimate of drug-likeness (QED) is 0.313. The molecule has 0 unspecified atom stereocenters. The molecule has 152 valence electrons. The standard InChI is InChI=1S/C22H17ClIN3O3/c23-20-4-2-1-3-15(20)12-27-13-17(11-25-27)26-22(28)21-10-9-19(30-21)14-29-18-7-5-16(24)6-8-18/h1-11,13H,12,14H2,(H,26,28). The van der Waals surface area contributed by atoms with Gasteiger partial charge in [0, 0.05) is 14.8 Å². The molecule has 2 aromatic heterocycles. The number of carbonyl (C=O) groups excluding carboxylic acids is 1. The molecule has 1 amide bonds. The molecule has 8 heteroatoms. The molecule has 0 bridgehead atoms. The maximum absolute atomic E-state index is 12.5. The summed E-state index contributed by atoms with van der Waals surface area (Å²) in [5, 5.41) is 7.72. The van der Waals surface area contributed by atoms with E-state index in [2.05, 4.69) is 33.0 Å². The van der Waals surface area contributed by atoms with Crippen LogP contribution in [0.1, 0.15) is 21.9 Å². The predicted octanol–water partition coefficient (Wildman–Crippen LogP) is 5.61. The predicted molar refractivity (Wildman–Crippen MR) is 123 cm³/mol. The van der Waals surface area contributed by atoms with Gasteiger partial charge in [-0.05, 0) is 70.6 Å². The van der Waals surface area contributed by atoms with Crippen molar-refractivity contribution < 1.29 is 13.9 Å². The van der Waals surface area contributed by atoms with Gasteiger partial charge < -0.3 is 14.5 Å². The first-order valence-corrected chi connectivity index (χ1v) is 10.6. The molecule has 0 aliphatic heterocycles. The van der Waals surface area contributed by atoms with E-state index in [1.807, 2.05) is 48.5 Å². The van der Waals surface area contributed by atoms with E-state index < -0.39 is 0 Å². The van der Waals surface area contributed by atoms with Gasteiger partial charge in [0.25, 0.3) is 5.91 Å². The fourth-order valence-corrected chi connectivity index (χ4v) is 3.33. The minimum Gasteiger partial charge on any atom is -0.486 e. The number of amides is 1. The highest BCUT2D eigenvalue weighted by Gasteiger charge is 2.13. The summed E-state index contributed by atoms with van der Waals surface area (Å²) in [5.41, 5.74) is 1.52. The number of nitrogens with one attached hydrogen (secondary N) is 1. The number of hydrogen-bond donors (Lipinski definition) is 1. The molecule has 0 atom stereocenters. The number of halogens is 2. The van der Waals surface area contributed by atoms with Crippen LogP contribution in [0.25, 0.3) is 0 Å². The van der Waals surface area contributed by atoms with Crippen molar-refractivity contribution in [2.24, 2.45) is 0 Å². The number of rotatable bonds is 7. The first-order valence-electron chi connectivity index (χ1n) is 9.11. The van der Waals surface area contributed by atoms with Crippen molar-refractivity contribution >= 4 is 45.8 Å². The van der Waals surface area contributed by atoms with E-state index in [1.165, 1.54) is 0 Å². The molecular formula is C22H17ClIN3O3. The van der Waals surface area contributed by atoms with Gasteiger partial charge in [-0.25, -0.2) is 0 Å². The zero-order valence-electron chi connectivity index (χ0n) is 15.7. The first-order chi connectivity index (χ1) is 14.6. The van der Waals surface area contributed by atoms with Gasteiger partial charge in [0.1, 0.15) is 18.1 Å². The van der Waals surface area contributed by atoms with Crippen LogP contribution < -0.4 is 10.1 Å². The Morgan fingerprint density at radius 1 is 1.13 bits per heavy atom. The molecule has 0 radical (unpaired) electrons. The normalized spacial score (nSPS) is 10.7. The molecule has 0 aliphatic rings. The second kappa shape index (κ2) is 9.36. The molecule has 0 saturated carbocycles. The molecule has 2 aromatic carbocycles. The zero-order valence-corrected chi connectivity index (χ0v) is 18.6. The lowest BCUT2D eigenvalue weighted by Crippen LogP contribution is -2.10. The molecule has 30 heavy (non-hydrogen) atoms. The molecular weight excluding hydrogens is 517 g/mol. The van der Waals surface area contributed by atoms with E-state index in [1.54, 1.807) is 29.2 Å². The maximum atomic E-state index is 12.5. The lowest BCUT2D eigenvalue weighted by molar-refractivity contribution is 0.0992. The number of ether oxygens (including phenoxy) is 1. The lowest BCUT2D eigenvalue weighted by atomic mass is 10.2. The summed E-state index contributed by atoms with van der Waals surface area (Å²) in [5.74, 6) is 1.15. The Balaban J connectivity index is 1.34. The van der Waals surface area contributed by atoms with Crippen molar-refractivity contribution in [1.29, 1.82) is 0 Å². The van der Waals surface area contributed by atoms with Crippen molar-refractivity contribution in [1.82, 2.24) is 9.78 Å². The minimum atomic E-state index is -0.354. The van der Waals surface area contributed by atoms with Crippen molar-refractivity contribution in [2.75, 3.05) is 5.32 Å². The number of benzene rings is 2. The van der Waals surface area contributed by atoms with Gasteiger partial charge in [0.15, 0.2) is 5.76 Å². The smallest absolute Gasteiger partial charge is 0.291 e. The average Bonchev–Trinajstić information content (AvgIpc) is 3.39. The van der Waals surface area contributed by atoms with E-state index in [0.717, 1.165) is 14.9 Å². The molecule has 0 fully saturated rings. The Kier molecular flexibility index (Phi) is 6.39. The van der Waals surface area contributed by atoms with Gasteiger partial charge in [-0.3, -0.25) is 9.48 Å². The molecule has 0 spiro atoms. The van der Waals surface area contributed by atoms with E-state index in [-0.39, 0.29) is 18.3 Å². The molecule has 4 aromatic rings. The summed E-state index contributed by atoms with van der Waals surface area (Å²) in [7, 11) is 0. The number of anilines is 1. The van der Waals surface area contributed by atoms with Crippen LogP contribution in [0, 0.1) is 3.57 Å². The Morgan fingerprint density at radius 2 is 1.93 bits per heavy atom. The second-order valence-corrected chi connectivity index (χ2v) is 8.13. The van der Waals surface area contributed by atoms with Crippen LogP contribution in [0.15, 0.2) is 77.5 Å². The SMILES string of the molecule is O=C(Nc1cnn(Cc2ccccc2Cl)c1)c1ccc(COc2ccc(I)cc2)o1. The van der Waals surface area contributed by atoms with Crippen LogP contribution in [0.2, 0.25) is 5.02 Å². The summed E-state index contributed by atoms with van der Waals surface area (Å²) in [4.78, 5) is 12.5. The van der Waals surface area contributed by atoms with Crippen molar-refractivity contribution in [3.63, 3.8) is 0 Å². The van der Waals surface area contributed by atoms with Gasteiger partial charge in [0.05, 0.1) is 18.4 Å². The van der Waals surface area contributed by atoms with Crippen LogP contribution in [0.4, 0.5) is 5.69 Å². The third-order valence-electron chi connectivity index (χ3n) is 4.26. The number of aromatic nitrogens is 2. The van der Waals surface area contributed by atoms with Crippen LogP contribution in [-0.2, 0) is 13.2 Å². The molecule has 0 saturated heterocycles. The number of nitrogens with zero attached hydrogens (tertiary/aromatic N) is 2. The minimum absolute atomic E-state index is 0.204. The van der Waals surface area contributed by atoms with E-state index in [0.29, 0.717) is 23.0 Å². The van der Waals surface area contributed by atoms with Crippen LogP contribution >= 0.6 is 34.2 Å². The van der Waals surface area contributed by atoms with Crippen LogP contribution in [0.5, 0.6) is 5.75 Å². The van der Waals surface area contributed by atoms with Gasteiger partial charge in [-0.2, -0.15) is 5.10 Å². The lowest BCUT2D eigenvalue weighted by Gasteiger charge is -2.04. The van der Waals surface area contributed by atoms with Gasteiger partial charge in [-0.1, -0.05) is 29.8 Å². The summed E-state index contributed by atoms with van der Waals surface area (Å²) < 4.78 is 14.1. The third kappa shape index (κ3) is 5.22. The number of furan rings is 1. The highest BCUT2D eigenvalue weighted by molar-refractivity contribution is 14.1. The van der Waals surface area contributed by atoms with Crippen LogP contribution in [-0.4, -0.2) is 15.7 Å². The number of carbonyl (C=O) groups is 1. The van der Waals surface area contributed by atoms with Gasteiger partial charge in [0.2, 0.25) is 0 Å². The van der Waals surface area contributed by atoms with Crippen molar-refractivity contribution in [2.45, 2.75) is 13.2 Å². The molecule has 2 heterocycles. The zero-order chi connectivity index (χ0) is 20.9. The second-order valence-electron chi connectivity index (χ2n) is 6.48. The van der Waals surface area contributed by atoms with E-state index in [9.17, 15) is 4.79 Å². The highest BCUT2D eigenvalue weighted by atomic mass is 127. The first kappa shape index (κ1) is 20.5. The molecule has 1 N–H and O–H groups in total. The number of hydrogen-bond acceptors (Lipinski definition) is 4. The summed E-state index contributed by atoms with van der Waals surface area (Å²) in [6.07, 6.45) is 3.32. The third-order valence-corrected chi connectivity index (χ3v) is 5.35. The monoisotopic (exact) mass is 533 g/mol. The van der Waals surface area contributed by atoms with Crippen molar-refractivity contribution in [3.8, 4) is 5.75 Å². The fourth-order valence-electron chi connectivity index (χ4n) is 2.77. The van der Waals surface area contributed by atoms with Gasteiger partial charge in [-0.15, -0.1) is 0 Å². The highest BCUT2D eigenvalue weighted by Crippen LogP contribution is 2.19. The topological polar surface area (TPSA) is 69.3 Å². The summed E-state index contributed by atoms with van der Waals surface area (Å²) in [6.45, 7) is 0.750. The summed E-state index contributed by atoms with van der Waals surface area (Å²) in [6, 6.07) is 18.6. The van der Waals surface area contributed by atoms with Crippen molar-refractivity contribution in [3.05, 3.63) is 98.7 Å². The Morgan fingerprint density at radius 3 is 2.73 bits per heavy atom.